The van der Waals surface area contributed by atoms with E-state index in [4.69, 9.17) is 0 Å². The van der Waals surface area contributed by atoms with Gasteiger partial charge in [-0.3, -0.25) is 4.79 Å². The van der Waals surface area contributed by atoms with Crippen LogP contribution in [0.5, 0.6) is 0 Å². The van der Waals surface area contributed by atoms with Crippen molar-refractivity contribution in [2.24, 2.45) is 0 Å². The summed E-state index contributed by atoms with van der Waals surface area (Å²) in [6, 6.07) is -0.814. The Kier molecular flexibility index (Phi) is 34.3. The van der Waals surface area contributed by atoms with Crippen LogP contribution >= 0.6 is 0 Å². The summed E-state index contributed by atoms with van der Waals surface area (Å²) in [6.07, 6.45) is 43.2. The highest BCUT2D eigenvalue weighted by molar-refractivity contribution is 5.80. The first-order valence-electron chi connectivity index (χ1n) is 19.3. The number of aliphatic hydroxyl groups is 3. The van der Waals surface area contributed by atoms with Gasteiger partial charge >= 0.3 is 0 Å². The summed E-state index contributed by atoms with van der Waals surface area (Å²) in [5.41, 5.74) is 0. The zero-order valence-electron chi connectivity index (χ0n) is 29.7. The molecule has 0 aliphatic carbocycles. The van der Waals surface area contributed by atoms with Crippen molar-refractivity contribution >= 4 is 5.91 Å². The second-order valence-electron chi connectivity index (χ2n) is 13.1. The van der Waals surface area contributed by atoms with Crippen LogP contribution in [0.25, 0.3) is 0 Å². The standard InChI is InChI=1S/C40H75NO4/c1-3-5-7-9-11-13-15-16-17-18-19-20-21-22-23-24-25-27-29-31-33-35-39(44)40(45)41-37(36-42)38(43)34-32-30-28-26-14-12-10-8-6-4-2/h14,21-22,26,32,34,37-39,42-44H,3-13,15-20,23-25,27-31,33,35-36H2,1-2H3,(H,41,45)/b22-21-,26-14+,34-32+. The number of hydrogen-bond acceptors (Lipinski definition) is 4. The van der Waals surface area contributed by atoms with Gasteiger partial charge in [-0.15, -0.1) is 0 Å². The Morgan fingerprint density at radius 1 is 0.533 bits per heavy atom. The van der Waals surface area contributed by atoms with Crippen LogP contribution in [0, 0.1) is 0 Å². The maximum Gasteiger partial charge on any atom is 0.249 e. The Morgan fingerprint density at radius 3 is 1.38 bits per heavy atom. The van der Waals surface area contributed by atoms with Gasteiger partial charge in [-0.05, 0) is 57.8 Å². The van der Waals surface area contributed by atoms with Crippen molar-refractivity contribution in [3.8, 4) is 0 Å². The summed E-state index contributed by atoms with van der Waals surface area (Å²) < 4.78 is 0. The largest absolute Gasteiger partial charge is 0.394 e. The van der Waals surface area contributed by atoms with Crippen LogP contribution in [0.3, 0.4) is 0 Å². The van der Waals surface area contributed by atoms with Crippen LogP contribution < -0.4 is 5.32 Å². The van der Waals surface area contributed by atoms with Crippen LogP contribution in [-0.2, 0) is 4.79 Å². The third kappa shape index (κ3) is 31.0. The molecule has 0 aliphatic heterocycles. The molecule has 0 spiro atoms. The van der Waals surface area contributed by atoms with E-state index in [-0.39, 0.29) is 6.61 Å². The summed E-state index contributed by atoms with van der Waals surface area (Å²) >= 11 is 0. The summed E-state index contributed by atoms with van der Waals surface area (Å²) in [6.45, 7) is 4.12. The van der Waals surface area contributed by atoms with E-state index < -0.39 is 24.2 Å². The molecule has 5 heteroatoms. The summed E-state index contributed by atoms with van der Waals surface area (Å²) in [5, 5.41) is 32.9. The SMILES string of the molecule is CCCCCC/C=C/CC/C=C/C(O)C(CO)NC(=O)C(O)CCCCCCCC/C=C\CCCCCCCCCCCCC. The smallest absolute Gasteiger partial charge is 0.249 e. The molecule has 1 amide bonds. The van der Waals surface area contributed by atoms with Gasteiger partial charge in [-0.25, -0.2) is 0 Å². The normalized spacial score (nSPS) is 14.2. The van der Waals surface area contributed by atoms with Crippen molar-refractivity contribution in [2.75, 3.05) is 6.61 Å². The first-order chi connectivity index (χ1) is 22.1. The topological polar surface area (TPSA) is 89.8 Å². The van der Waals surface area contributed by atoms with Gasteiger partial charge in [0.1, 0.15) is 6.10 Å². The lowest BCUT2D eigenvalue weighted by Crippen LogP contribution is -2.48. The predicted molar refractivity (Wildman–Crippen MR) is 194 cm³/mol. The van der Waals surface area contributed by atoms with E-state index in [9.17, 15) is 20.1 Å². The van der Waals surface area contributed by atoms with Gasteiger partial charge < -0.3 is 20.6 Å². The number of nitrogens with one attached hydrogen (secondary N) is 1. The third-order valence-corrected chi connectivity index (χ3v) is 8.70. The molecule has 0 heterocycles. The maximum atomic E-state index is 12.4. The average molecular weight is 634 g/mol. The van der Waals surface area contributed by atoms with Gasteiger partial charge in [-0.1, -0.05) is 166 Å². The summed E-state index contributed by atoms with van der Waals surface area (Å²) in [7, 11) is 0. The Labute approximate surface area is 279 Å². The number of unbranched alkanes of at least 4 members (excludes halogenated alkanes) is 22. The molecule has 0 saturated heterocycles. The second kappa shape index (κ2) is 35.4. The maximum absolute atomic E-state index is 12.4. The molecule has 45 heavy (non-hydrogen) atoms. The summed E-state index contributed by atoms with van der Waals surface area (Å²) in [5.74, 6) is -0.521. The lowest BCUT2D eigenvalue weighted by Gasteiger charge is -2.21. The molecule has 0 fully saturated rings. The van der Waals surface area contributed by atoms with E-state index in [1.165, 1.54) is 128 Å². The molecule has 5 nitrogen and oxygen atoms in total. The van der Waals surface area contributed by atoms with Crippen molar-refractivity contribution in [2.45, 2.75) is 205 Å². The lowest BCUT2D eigenvalue weighted by atomic mass is 10.0. The fourth-order valence-corrected chi connectivity index (χ4v) is 5.61. The van der Waals surface area contributed by atoms with Gasteiger partial charge in [0.2, 0.25) is 5.91 Å². The van der Waals surface area contributed by atoms with Crippen LogP contribution in [0.4, 0.5) is 0 Å². The number of aliphatic hydroxyl groups excluding tert-OH is 3. The monoisotopic (exact) mass is 634 g/mol. The van der Waals surface area contributed by atoms with Crippen LogP contribution in [0.15, 0.2) is 36.5 Å². The van der Waals surface area contributed by atoms with Gasteiger partial charge in [0.25, 0.3) is 0 Å². The first-order valence-corrected chi connectivity index (χ1v) is 19.3. The predicted octanol–water partition coefficient (Wildman–Crippen LogP) is 10.4. The summed E-state index contributed by atoms with van der Waals surface area (Å²) in [4.78, 5) is 12.4. The average Bonchev–Trinajstić information content (AvgIpc) is 3.04. The molecule has 0 bridgehead atoms. The van der Waals surface area contributed by atoms with Crippen molar-refractivity contribution in [3.05, 3.63) is 36.5 Å². The molecule has 3 unspecified atom stereocenters. The molecule has 0 aromatic carbocycles. The molecule has 3 atom stereocenters. The molecular weight excluding hydrogens is 558 g/mol. The van der Waals surface area contributed by atoms with E-state index in [0.717, 1.165) is 38.5 Å². The van der Waals surface area contributed by atoms with Gasteiger partial charge in [0.05, 0.1) is 18.8 Å². The highest BCUT2D eigenvalue weighted by Gasteiger charge is 2.22. The van der Waals surface area contributed by atoms with Crippen molar-refractivity contribution in [1.29, 1.82) is 0 Å². The Morgan fingerprint density at radius 2 is 0.911 bits per heavy atom. The second-order valence-corrected chi connectivity index (χ2v) is 13.1. The molecule has 264 valence electrons. The van der Waals surface area contributed by atoms with E-state index in [1.807, 2.05) is 6.08 Å². The lowest BCUT2D eigenvalue weighted by molar-refractivity contribution is -0.131. The number of rotatable bonds is 34. The van der Waals surface area contributed by atoms with E-state index >= 15 is 0 Å². The molecule has 0 aliphatic rings. The quantitative estimate of drug-likeness (QED) is 0.0419. The molecule has 4 N–H and O–H groups in total. The minimum absolute atomic E-state index is 0.379. The molecule has 0 aromatic rings. The molecule has 0 radical (unpaired) electrons. The van der Waals surface area contributed by atoms with Crippen molar-refractivity contribution in [3.63, 3.8) is 0 Å². The third-order valence-electron chi connectivity index (χ3n) is 8.70. The number of hydrogen-bond donors (Lipinski definition) is 4. The minimum Gasteiger partial charge on any atom is -0.394 e. The zero-order valence-corrected chi connectivity index (χ0v) is 29.7. The highest BCUT2D eigenvalue weighted by Crippen LogP contribution is 2.13. The zero-order chi connectivity index (χ0) is 33.1. The van der Waals surface area contributed by atoms with Gasteiger partial charge in [-0.2, -0.15) is 0 Å². The van der Waals surface area contributed by atoms with Crippen molar-refractivity contribution in [1.82, 2.24) is 5.32 Å². The van der Waals surface area contributed by atoms with Crippen LogP contribution in [0.1, 0.15) is 187 Å². The molecule has 0 rings (SSSR count). The van der Waals surface area contributed by atoms with Crippen molar-refractivity contribution < 1.29 is 20.1 Å². The number of carbonyl (C=O) groups is 1. The van der Waals surface area contributed by atoms with Crippen LogP contribution in [-0.4, -0.2) is 46.1 Å². The minimum atomic E-state index is -1.11. The number of allylic oxidation sites excluding steroid dienone is 5. The Balaban J connectivity index is 3.70. The molecular formula is C40H75NO4. The van der Waals surface area contributed by atoms with Crippen LogP contribution in [0.2, 0.25) is 0 Å². The molecule has 0 aromatic heterocycles. The van der Waals surface area contributed by atoms with E-state index in [0.29, 0.717) is 6.42 Å². The van der Waals surface area contributed by atoms with E-state index in [1.54, 1.807) is 6.08 Å². The first kappa shape index (κ1) is 43.6. The van der Waals surface area contributed by atoms with Gasteiger partial charge in [0.15, 0.2) is 0 Å². The Bertz CT molecular complexity index is 704. The van der Waals surface area contributed by atoms with E-state index in [2.05, 4.69) is 43.5 Å². The molecule has 0 saturated carbocycles. The Hall–Kier alpha value is -1.43. The fourth-order valence-electron chi connectivity index (χ4n) is 5.61. The highest BCUT2D eigenvalue weighted by atomic mass is 16.3. The number of amides is 1. The fraction of sp³-hybridized carbons (Fsp3) is 0.825. The number of carbonyl (C=O) groups excluding carboxylic acids is 1. The van der Waals surface area contributed by atoms with Gasteiger partial charge in [0, 0.05) is 0 Å².